The van der Waals surface area contributed by atoms with Gasteiger partial charge in [0.15, 0.2) is 5.69 Å². The number of hydrogen-bond acceptors (Lipinski definition) is 4. The number of nitrogen functional groups attached to an aromatic ring is 1. The zero-order valence-electron chi connectivity index (χ0n) is 12.1. The van der Waals surface area contributed by atoms with Crippen LogP contribution in [0.25, 0.3) is 5.69 Å². The van der Waals surface area contributed by atoms with E-state index in [-0.39, 0.29) is 11.8 Å². The highest BCUT2D eigenvalue weighted by molar-refractivity contribution is 5.98. The van der Waals surface area contributed by atoms with Crippen molar-refractivity contribution in [1.29, 1.82) is 0 Å². The summed E-state index contributed by atoms with van der Waals surface area (Å²) in [6, 6.07) is 6.50. The topological polar surface area (TPSA) is 93.2 Å². The van der Waals surface area contributed by atoms with Gasteiger partial charge in [0.25, 0.3) is 11.8 Å². The van der Waals surface area contributed by atoms with E-state index in [1.807, 2.05) is 0 Å². The van der Waals surface area contributed by atoms with Crippen molar-refractivity contribution in [3.63, 3.8) is 0 Å². The Kier molecular flexibility index (Phi) is 3.93. The largest absolute Gasteiger partial charge is 0.399 e. The lowest BCUT2D eigenvalue weighted by molar-refractivity contribution is 0.0821. The Balaban J connectivity index is 2.49. The lowest BCUT2D eigenvalue weighted by Crippen LogP contribution is -2.23. The molecular weight excluding hydrogens is 270 g/mol. The van der Waals surface area contributed by atoms with E-state index in [2.05, 4.69) is 10.4 Å². The monoisotopic (exact) mass is 287 g/mol. The Hall–Kier alpha value is -2.83. The summed E-state index contributed by atoms with van der Waals surface area (Å²) in [4.78, 5) is 25.2. The zero-order chi connectivity index (χ0) is 15.6. The van der Waals surface area contributed by atoms with Crippen LogP contribution >= 0.6 is 0 Å². The molecule has 2 amide bonds. The van der Waals surface area contributed by atoms with Gasteiger partial charge in [-0.25, -0.2) is 4.68 Å². The van der Waals surface area contributed by atoms with Crippen LogP contribution in [0.15, 0.2) is 30.5 Å². The SMILES string of the molecule is CNC(=O)c1ccc(N)cc1-n1ccc(C(=O)N(C)C)n1. The number of rotatable bonds is 3. The molecule has 2 rings (SSSR count). The minimum absolute atomic E-state index is 0.209. The Morgan fingerprint density at radius 3 is 2.62 bits per heavy atom. The molecule has 3 N–H and O–H groups in total. The first kappa shape index (κ1) is 14.6. The lowest BCUT2D eigenvalue weighted by Gasteiger charge is -2.10. The quantitative estimate of drug-likeness (QED) is 0.805. The molecule has 1 heterocycles. The number of nitrogens with zero attached hydrogens (tertiary/aromatic N) is 3. The number of aromatic nitrogens is 2. The molecule has 0 aliphatic rings. The fraction of sp³-hybridized carbons (Fsp3) is 0.214. The Morgan fingerprint density at radius 2 is 2.00 bits per heavy atom. The molecule has 21 heavy (non-hydrogen) atoms. The van der Waals surface area contributed by atoms with Gasteiger partial charge in [0.1, 0.15) is 0 Å². The summed E-state index contributed by atoms with van der Waals surface area (Å²) in [5.41, 5.74) is 7.53. The fourth-order valence-electron chi connectivity index (χ4n) is 1.87. The second-order valence-corrected chi connectivity index (χ2v) is 4.70. The summed E-state index contributed by atoms with van der Waals surface area (Å²) in [7, 11) is 4.85. The van der Waals surface area contributed by atoms with Crippen LogP contribution in [0.1, 0.15) is 20.8 Å². The molecule has 0 aliphatic heterocycles. The molecule has 7 nitrogen and oxygen atoms in total. The van der Waals surface area contributed by atoms with Crippen molar-refractivity contribution in [2.24, 2.45) is 0 Å². The summed E-state index contributed by atoms with van der Waals surface area (Å²) in [6.07, 6.45) is 1.62. The van der Waals surface area contributed by atoms with Crippen molar-refractivity contribution in [2.75, 3.05) is 26.9 Å². The van der Waals surface area contributed by atoms with Crippen molar-refractivity contribution < 1.29 is 9.59 Å². The number of anilines is 1. The van der Waals surface area contributed by atoms with Crippen LogP contribution in [0.2, 0.25) is 0 Å². The number of carbonyl (C=O) groups is 2. The minimum atomic E-state index is -0.249. The third-order valence-electron chi connectivity index (χ3n) is 2.95. The first-order valence-electron chi connectivity index (χ1n) is 6.33. The van der Waals surface area contributed by atoms with Crippen LogP contribution in [0.5, 0.6) is 0 Å². The molecule has 1 aromatic heterocycles. The standard InChI is InChI=1S/C14H17N5O2/c1-16-13(20)10-5-4-9(15)8-12(10)19-7-6-11(17-19)14(21)18(2)3/h4-8H,15H2,1-3H3,(H,16,20). The average Bonchev–Trinajstić information content (AvgIpc) is 2.95. The molecule has 0 saturated heterocycles. The number of benzene rings is 1. The molecule has 0 unspecified atom stereocenters. The molecule has 0 spiro atoms. The molecule has 7 heteroatoms. The molecule has 0 bridgehead atoms. The zero-order valence-corrected chi connectivity index (χ0v) is 12.1. The predicted molar refractivity (Wildman–Crippen MR) is 79.4 cm³/mol. The van der Waals surface area contributed by atoms with Gasteiger partial charge in [-0.15, -0.1) is 0 Å². The van der Waals surface area contributed by atoms with Gasteiger partial charge in [-0.1, -0.05) is 0 Å². The van der Waals surface area contributed by atoms with Crippen LogP contribution in [0.4, 0.5) is 5.69 Å². The van der Waals surface area contributed by atoms with Gasteiger partial charge in [0.2, 0.25) is 0 Å². The van der Waals surface area contributed by atoms with Crippen molar-refractivity contribution in [1.82, 2.24) is 20.0 Å². The molecule has 2 aromatic rings. The number of nitrogens with two attached hydrogens (primary N) is 1. The normalized spacial score (nSPS) is 10.2. The predicted octanol–water partition coefficient (Wildman–Crippen LogP) is 0.516. The van der Waals surface area contributed by atoms with E-state index in [1.165, 1.54) is 9.58 Å². The van der Waals surface area contributed by atoms with Crippen LogP contribution in [0.3, 0.4) is 0 Å². The van der Waals surface area contributed by atoms with E-state index in [0.717, 1.165) is 0 Å². The number of hydrogen-bond donors (Lipinski definition) is 2. The van der Waals surface area contributed by atoms with Crippen LogP contribution in [-0.2, 0) is 0 Å². The van der Waals surface area contributed by atoms with E-state index >= 15 is 0 Å². The summed E-state index contributed by atoms with van der Waals surface area (Å²) >= 11 is 0. The van der Waals surface area contributed by atoms with Crippen molar-refractivity contribution in [2.45, 2.75) is 0 Å². The van der Waals surface area contributed by atoms with Gasteiger partial charge >= 0.3 is 0 Å². The smallest absolute Gasteiger partial charge is 0.273 e. The molecule has 0 atom stereocenters. The van der Waals surface area contributed by atoms with Gasteiger partial charge in [-0.05, 0) is 24.3 Å². The lowest BCUT2D eigenvalue weighted by atomic mass is 10.1. The highest BCUT2D eigenvalue weighted by atomic mass is 16.2. The van der Waals surface area contributed by atoms with E-state index in [1.54, 1.807) is 51.6 Å². The fourth-order valence-corrected chi connectivity index (χ4v) is 1.87. The maximum absolute atomic E-state index is 11.9. The van der Waals surface area contributed by atoms with Crippen molar-refractivity contribution in [3.8, 4) is 5.69 Å². The number of nitrogens with one attached hydrogen (secondary N) is 1. The third kappa shape index (κ3) is 2.86. The Morgan fingerprint density at radius 1 is 1.29 bits per heavy atom. The highest BCUT2D eigenvalue weighted by Crippen LogP contribution is 2.18. The maximum atomic E-state index is 11.9. The molecule has 0 saturated carbocycles. The van der Waals surface area contributed by atoms with Gasteiger partial charge < -0.3 is 16.0 Å². The maximum Gasteiger partial charge on any atom is 0.273 e. The van der Waals surface area contributed by atoms with Gasteiger partial charge in [0, 0.05) is 33.0 Å². The summed E-state index contributed by atoms with van der Waals surface area (Å²) in [6.45, 7) is 0. The first-order valence-corrected chi connectivity index (χ1v) is 6.33. The van der Waals surface area contributed by atoms with E-state index in [9.17, 15) is 9.59 Å². The average molecular weight is 287 g/mol. The molecule has 1 aromatic carbocycles. The Bertz CT molecular complexity index is 690. The molecule has 0 fully saturated rings. The second-order valence-electron chi connectivity index (χ2n) is 4.70. The summed E-state index contributed by atoms with van der Waals surface area (Å²) < 4.78 is 1.47. The number of carbonyl (C=O) groups excluding carboxylic acids is 2. The molecule has 0 radical (unpaired) electrons. The summed E-state index contributed by atoms with van der Waals surface area (Å²) in [5.74, 6) is -0.458. The van der Waals surface area contributed by atoms with Gasteiger partial charge in [-0.2, -0.15) is 5.10 Å². The molecular formula is C14H17N5O2. The first-order chi connectivity index (χ1) is 9.93. The van der Waals surface area contributed by atoms with Crippen molar-refractivity contribution in [3.05, 3.63) is 41.7 Å². The van der Waals surface area contributed by atoms with Gasteiger partial charge in [-0.3, -0.25) is 9.59 Å². The van der Waals surface area contributed by atoms with Crippen molar-refractivity contribution >= 4 is 17.5 Å². The van der Waals surface area contributed by atoms with Gasteiger partial charge in [0.05, 0.1) is 11.3 Å². The van der Waals surface area contributed by atoms with E-state index in [0.29, 0.717) is 22.6 Å². The van der Waals surface area contributed by atoms with Crippen LogP contribution in [-0.4, -0.2) is 47.6 Å². The van der Waals surface area contributed by atoms with Crippen LogP contribution in [0, 0.1) is 0 Å². The molecule has 0 aliphatic carbocycles. The van der Waals surface area contributed by atoms with E-state index in [4.69, 9.17) is 5.73 Å². The number of amides is 2. The van der Waals surface area contributed by atoms with Crippen LogP contribution < -0.4 is 11.1 Å². The highest BCUT2D eigenvalue weighted by Gasteiger charge is 2.16. The van der Waals surface area contributed by atoms with E-state index < -0.39 is 0 Å². The third-order valence-corrected chi connectivity index (χ3v) is 2.95. The second kappa shape index (κ2) is 5.66. The molecule has 110 valence electrons. The minimum Gasteiger partial charge on any atom is -0.399 e. The summed E-state index contributed by atoms with van der Waals surface area (Å²) in [5, 5.41) is 6.77. The Labute approximate surface area is 122 Å².